The quantitative estimate of drug-likeness (QED) is 0.606. The molecule has 2 aliphatic rings. The maximum Gasteiger partial charge on any atom is 0.0499 e. The topological polar surface area (TPSA) is 20.2 Å². The highest BCUT2D eigenvalue weighted by Crippen LogP contribution is 2.50. The van der Waals surface area contributed by atoms with E-state index < -0.39 is 0 Å². The Morgan fingerprint density at radius 2 is 1.82 bits per heavy atom. The molecule has 1 heteroatoms. The summed E-state index contributed by atoms with van der Waals surface area (Å²) in [6.07, 6.45) is 11.9. The first-order valence-corrected chi connectivity index (χ1v) is 8.98. The second kappa shape index (κ2) is 7.17. The van der Waals surface area contributed by atoms with Gasteiger partial charge in [-0.1, -0.05) is 48.3 Å². The summed E-state index contributed by atoms with van der Waals surface area (Å²) in [4.78, 5) is 0. The predicted octanol–water partition coefficient (Wildman–Crippen LogP) is 5.81. The van der Waals surface area contributed by atoms with Crippen molar-refractivity contribution in [2.45, 2.75) is 73.1 Å². The first-order chi connectivity index (χ1) is 10.4. The zero-order valence-corrected chi connectivity index (χ0v) is 15.2. The van der Waals surface area contributed by atoms with E-state index >= 15 is 0 Å². The SMILES string of the molecule is CC1=CC[C@H]2CCC(C)=C([C@@H](CO)C/C(C)=C/CC1)C2(C)C. The average molecular weight is 303 g/mol. The zero-order chi connectivity index (χ0) is 16.3. The molecule has 124 valence electrons. The highest BCUT2D eigenvalue weighted by Gasteiger charge is 2.39. The number of hydrogen-bond acceptors (Lipinski definition) is 1. The van der Waals surface area contributed by atoms with Gasteiger partial charge in [-0.05, 0) is 70.6 Å². The van der Waals surface area contributed by atoms with E-state index in [0.29, 0.717) is 11.8 Å². The van der Waals surface area contributed by atoms with Crippen molar-refractivity contribution in [3.8, 4) is 0 Å². The van der Waals surface area contributed by atoms with Gasteiger partial charge in [-0.3, -0.25) is 0 Å². The fraction of sp³-hybridized carbons (Fsp3) is 0.714. The molecule has 2 bridgehead atoms. The predicted molar refractivity (Wildman–Crippen MR) is 95.8 cm³/mol. The van der Waals surface area contributed by atoms with Crippen molar-refractivity contribution in [3.63, 3.8) is 0 Å². The van der Waals surface area contributed by atoms with Gasteiger partial charge in [0.15, 0.2) is 0 Å². The Kier molecular flexibility index (Phi) is 5.71. The summed E-state index contributed by atoms with van der Waals surface area (Å²) in [6, 6.07) is 0. The smallest absolute Gasteiger partial charge is 0.0499 e. The van der Waals surface area contributed by atoms with Crippen LogP contribution in [0.4, 0.5) is 0 Å². The third-order valence-corrected chi connectivity index (χ3v) is 6.02. The van der Waals surface area contributed by atoms with Crippen molar-refractivity contribution in [1.29, 1.82) is 0 Å². The normalized spacial score (nSPS) is 32.5. The molecule has 22 heavy (non-hydrogen) atoms. The molecule has 0 spiro atoms. The molecule has 2 atom stereocenters. The third kappa shape index (κ3) is 3.74. The first kappa shape index (κ1) is 17.5. The van der Waals surface area contributed by atoms with Crippen LogP contribution in [-0.2, 0) is 0 Å². The van der Waals surface area contributed by atoms with Crippen LogP contribution < -0.4 is 0 Å². The molecule has 2 rings (SSSR count). The molecule has 0 fully saturated rings. The lowest BCUT2D eigenvalue weighted by Crippen LogP contribution is -2.35. The number of aliphatic hydroxyl groups excluding tert-OH is 1. The molecule has 0 heterocycles. The van der Waals surface area contributed by atoms with E-state index in [-0.39, 0.29) is 12.0 Å². The molecule has 0 aromatic rings. The Morgan fingerprint density at radius 3 is 2.50 bits per heavy atom. The number of aliphatic hydroxyl groups is 1. The van der Waals surface area contributed by atoms with E-state index in [1.807, 2.05) is 0 Å². The fourth-order valence-electron chi connectivity index (χ4n) is 4.66. The average Bonchev–Trinajstić information content (AvgIpc) is 2.43. The van der Waals surface area contributed by atoms with Gasteiger partial charge in [0, 0.05) is 12.5 Å². The van der Waals surface area contributed by atoms with Gasteiger partial charge >= 0.3 is 0 Å². The summed E-state index contributed by atoms with van der Waals surface area (Å²) < 4.78 is 0. The Morgan fingerprint density at radius 1 is 1.09 bits per heavy atom. The van der Waals surface area contributed by atoms with Crippen LogP contribution in [0.25, 0.3) is 0 Å². The van der Waals surface area contributed by atoms with Crippen molar-refractivity contribution >= 4 is 0 Å². The van der Waals surface area contributed by atoms with Crippen LogP contribution in [0.5, 0.6) is 0 Å². The minimum atomic E-state index is 0.200. The number of allylic oxidation sites excluding steroid dienone is 5. The van der Waals surface area contributed by atoms with Gasteiger partial charge in [0.25, 0.3) is 0 Å². The standard InChI is InChI=1S/C21H34O/c1-15-7-6-8-16(2)13-18(14-22)20-17(3)10-12-19(11-9-15)21(20,4)5/h8-9,18-19,22H,6-7,10-14H2,1-5H3/b15-9?,16-8+/t18-,19+/m1/s1. The highest BCUT2D eigenvalue weighted by molar-refractivity contribution is 5.29. The van der Waals surface area contributed by atoms with Crippen molar-refractivity contribution in [2.24, 2.45) is 17.3 Å². The van der Waals surface area contributed by atoms with Crippen LogP contribution in [0, 0.1) is 17.3 Å². The molecule has 1 N–H and O–H groups in total. The van der Waals surface area contributed by atoms with E-state index in [4.69, 9.17) is 0 Å². The Bertz CT molecular complexity index is 490. The Hall–Kier alpha value is -0.820. The van der Waals surface area contributed by atoms with Crippen LogP contribution in [0.2, 0.25) is 0 Å². The van der Waals surface area contributed by atoms with Gasteiger partial charge in [0.1, 0.15) is 0 Å². The Labute approximate surface area is 137 Å². The molecule has 1 nitrogen and oxygen atoms in total. The Balaban J connectivity index is 2.44. The molecular formula is C21H34O. The summed E-state index contributed by atoms with van der Waals surface area (Å²) in [6.45, 7) is 11.9. The molecule has 0 radical (unpaired) electrons. The van der Waals surface area contributed by atoms with E-state index in [9.17, 15) is 5.11 Å². The number of rotatable bonds is 1. The molecule has 2 aliphatic carbocycles. The van der Waals surface area contributed by atoms with Crippen LogP contribution in [0.15, 0.2) is 34.4 Å². The minimum absolute atomic E-state index is 0.200. The second-order valence-electron chi connectivity index (χ2n) is 8.11. The van der Waals surface area contributed by atoms with Gasteiger partial charge in [0.05, 0.1) is 0 Å². The minimum Gasteiger partial charge on any atom is -0.396 e. The van der Waals surface area contributed by atoms with Crippen molar-refractivity contribution in [3.05, 3.63) is 34.4 Å². The summed E-state index contributed by atoms with van der Waals surface area (Å²) in [5, 5.41) is 10.0. The lowest BCUT2D eigenvalue weighted by molar-refractivity contribution is 0.170. The first-order valence-electron chi connectivity index (χ1n) is 8.98. The van der Waals surface area contributed by atoms with Gasteiger partial charge < -0.3 is 5.11 Å². The van der Waals surface area contributed by atoms with E-state index in [1.165, 1.54) is 42.4 Å². The van der Waals surface area contributed by atoms with E-state index in [2.05, 4.69) is 46.8 Å². The van der Waals surface area contributed by atoms with Gasteiger partial charge in [-0.2, -0.15) is 0 Å². The highest BCUT2D eigenvalue weighted by atomic mass is 16.3. The molecular weight excluding hydrogens is 268 g/mol. The molecule has 0 aromatic heterocycles. The third-order valence-electron chi connectivity index (χ3n) is 6.02. The van der Waals surface area contributed by atoms with E-state index in [1.54, 1.807) is 5.57 Å². The summed E-state index contributed by atoms with van der Waals surface area (Å²) in [7, 11) is 0. The molecule has 0 unspecified atom stereocenters. The van der Waals surface area contributed by atoms with E-state index in [0.717, 1.165) is 12.8 Å². The van der Waals surface area contributed by atoms with Crippen LogP contribution >= 0.6 is 0 Å². The lowest BCUT2D eigenvalue weighted by atomic mass is 9.60. The molecule has 0 aromatic carbocycles. The summed E-state index contributed by atoms with van der Waals surface area (Å²) in [5.41, 5.74) is 6.25. The summed E-state index contributed by atoms with van der Waals surface area (Å²) >= 11 is 0. The van der Waals surface area contributed by atoms with Gasteiger partial charge in [0.2, 0.25) is 0 Å². The lowest BCUT2D eigenvalue weighted by Gasteiger charge is -2.45. The fourth-order valence-corrected chi connectivity index (χ4v) is 4.66. The summed E-state index contributed by atoms with van der Waals surface area (Å²) in [5.74, 6) is 1.01. The van der Waals surface area contributed by atoms with Gasteiger partial charge in [-0.25, -0.2) is 0 Å². The molecule has 0 amide bonds. The number of hydrogen-bond donors (Lipinski definition) is 1. The largest absolute Gasteiger partial charge is 0.396 e. The zero-order valence-electron chi connectivity index (χ0n) is 15.2. The molecule has 0 saturated carbocycles. The van der Waals surface area contributed by atoms with Crippen LogP contribution in [0.1, 0.15) is 73.1 Å². The van der Waals surface area contributed by atoms with Crippen LogP contribution in [0.3, 0.4) is 0 Å². The van der Waals surface area contributed by atoms with Crippen molar-refractivity contribution in [2.75, 3.05) is 6.61 Å². The maximum atomic E-state index is 10.0. The van der Waals surface area contributed by atoms with Crippen LogP contribution in [-0.4, -0.2) is 11.7 Å². The molecule has 0 saturated heterocycles. The monoisotopic (exact) mass is 302 g/mol. The molecule has 0 aliphatic heterocycles. The van der Waals surface area contributed by atoms with Crippen molar-refractivity contribution in [1.82, 2.24) is 0 Å². The second-order valence-corrected chi connectivity index (χ2v) is 8.11. The van der Waals surface area contributed by atoms with Gasteiger partial charge in [-0.15, -0.1) is 0 Å². The number of fused-ring (bicyclic) bond motifs is 2. The van der Waals surface area contributed by atoms with Crippen molar-refractivity contribution < 1.29 is 5.11 Å². The maximum absolute atomic E-state index is 10.0.